The standard InChI is InChI=1S/C17H16N2O3/c1-11(17-19-14-5-3-4-6-15(14)22-17)18-16(20)12-7-9-13(21-2)10-8-12/h3-11H,1-2H3,(H,18,20). The summed E-state index contributed by atoms with van der Waals surface area (Å²) in [5.41, 5.74) is 2.05. The third kappa shape index (κ3) is 2.79. The molecule has 5 nitrogen and oxygen atoms in total. The number of hydrogen-bond acceptors (Lipinski definition) is 4. The molecule has 0 radical (unpaired) electrons. The number of rotatable bonds is 4. The van der Waals surface area contributed by atoms with Crippen LogP contribution in [0.5, 0.6) is 5.75 Å². The second kappa shape index (κ2) is 5.89. The average molecular weight is 296 g/mol. The Morgan fingerprint density at radius 3 is 2.59 bits per heavy atom. The van der Waals surface area contributed by atoms with E-state index in [1.165, 1.54) is 0 Å². The predicted octanol–water partition coefficient (Wildman–Crippen LogP) is 3.33. The first-order chi connectivity index (χ1) is 10.7. The Kier molecular flexibility index (Phi) is 3.78. The quantitative estimate of drug-likeness (QED) is 0.802. The lowest BCUT2D eigenvalue weighted by molar-refractivity contribution is 0.0934. The maximum Gasteiger partial charge on any atom is 0.251 e. The van der Waals surface area contributed by atoms with E-state index >= 15 is 0 Å². The fourth-order valence-corrected chi connectivity index (χ4v) is 2.16. The normalized spacial score (nSPS) is 12.1. The van der Waals surface area contributed by atoms with Crippen LogP contribution in [0.4, 0.5) is 0 Å². The van der Waals surface area contributed by atoms with Crippen LogP contribution in [-0.4, -0.2) is 18.0 Å². The Balaban J connectivity index is 1.74. The summed E-state index contributed by atoms with van der Waals surface area (Å²) in [4.78, 5) is 16.6. The first-order valence-electron chi connectivity index (χ1n) is 6.98. The van der Waals surface area contributed by atoms with Gasteiger partial charge in [0.2, 0.25) is 5.89 Å². The van der Waals surface area contributed by atoms with Gasteiger partial charge in [-0.05, 0) is 43.3 Å². The summed E-state index contributed by atoms with van der Waals surface area (Å²) in [6.45, 7) is 1.84. The van der Waals surface area contributed by atoms with Gasteiger partial charge in [0.25, 0.3) is 5.91 Å². The van der Waals surface area contributed by atoms with Crippen LogP contribution in [0.3, 0.4) is 0 Å². The van der Waals surface area contributed by atoms with Crippen LogP contribution < -0.4 is 10.1 Å². The predicted molar refractivity (Wildman–Crippen MR) is 82.9 cm³/mol. The Morgan fingerprint density at radius 2 is 1.91 bits per heavy atom. The van der Waals surface area contributed by atoms with Crippen molar-refractivity contribution in [3.8, 4) is 5.75 Å². The zero-order chi connectivity index (χ0) is 15.5. The van der Waals surface area contributed by atoms with Crippen LogP contribution in [0.2, 0.25) is 0 Å². The van der Waals surface area contributed by atoms with E-state index in [0.29, 0.717) is 22.8 Å². The monoisotopic (exact) mass is 296 g/mol. The molecule has 1 N–H and O–H groups in total. The summed E-state index contributed by atoms with van der Waals surface area (Å²) in [5.74, 6) is 1.02. The third-order valence-electron chi connectivity index (χ3n) is 3.38. The summed E-state index contributed by atoms with van der Waals surface area (Å²) in [5, 5.41) is 2.87. The fourth-order valence-electron chi connectivity index (χ4n) is 2.16. The number of benzene rings is 2. The van der Waals surface area contributed by atoms with Gasteiger partial charge in [-0.2, -0.15) is 0 Å². The number of amides is 1. The minimum absolute atomic E-state index is 0.183. The van der Waals surface area contributed by atoms with Gasteiger partial charge >= 0.3 is 0 Å². The molecule has 1 aromatic heterocycles. The molecular formula is C17H16N2O3. The second-order valence-corrected chi connectivity index (χ2v) is 4.94. The van der Waals surface area contributed by atoms with Crippen molar-refractivity contribution in [1.82, 2.24) is 10.3 Å². The van der Waals surface area contributed by atoms with Gasteiger partial charge in [-0.15, -0.1) is 0 Å². The zero-order valence-electron chi connectivity index (χ0n) is 12.4. The number of oxazole rings is 1. The van der Waals surface area contributed by atoms with E-state index in [-0.39, 0.29) is 11.9 Å². The summed E-state index contributed by atoms with van der Waals surface area (Å²) in [6, 6.07) is 14.1. The van der Waals surface area contributed by atoms with Gasteiger partial charge < -0.3 is 14.5 Å². The molecule has 1 unspecified atom stereocenters. The molecule has 2 aromatic carbocycles. The number of hydrogen-bond donors (Lipinski definition) is 1. The molecule has 0 spiro atoms. The topological polar surface area (TPSA) is 64.4 Å². The van der Waals surface area contributed by atoms with E-state index in [0.717, 1.165) is 5.52 Å². The first kappa shape index (κ1) is 14.1. The van der Waals surface area contributed by atoms with Gasteiger partial charge in [-0.1, -0.05) is 12.1 Å². The Labute approximate surface area is 127 Å². The third-order valence-corrected chi connectivity index (χ3v) is 3.38. The number of nitrogens with one attached hydrogen (secondary N) is 1. The molecule has 1 heterocycles. The Morgan fingerprint density at radius 1 is 1.18 bits per heavy atom. The molecule has 1 atom stereocenters. The lowest BCUT2D eigenvalue weighted by Crippen LogP contribution is -2.26. The van der Waals surface area contributed by atoms with Crippen LogP contribution in [0, 0.1) is 0 Å². The van der Waals surface area contributed by atoms with E-state index in [2.05, 4.69) is 10.3 Å². The number of nitrogens with zero attached hydrogens (tertiary/aromatic N) is 1. The molecule has 1 amide bonds. The van der Waals surface area contributed by atoms with E-state index < -0.39 is 0 Å². The van der Waals surface area contributed by atoms with Crippen molar-refractivity contribution in [2.75, 3.05) is 7.11 Å². The lowest BCUT2D eigenvalue weighted by atomic mass is 10.2. The van der Waals surface area contributed by atoms with Gasteiger partial charge in [0.15, 0.2) is 5.58 Å². The summed E-state index contributed by atoms with van der Waals surface area (Å²) >= 11 is 0. The zero-order valence-corrected chi connectivity index (χ0v) is 12.4. The van der Waals surface area contributed by atoms with Crippen molar-refractivity contribution < 1.29 is 13.9 Å². The number of carbonyl (C=O) groups is 1. The minimum atomic E-state index is -0.318. The van der Waals surface area contributed by atoms with E-state index in [1.807, 2.05) is 31.2 Å². The van der Waals surface area contributed by atoms with Gasteiger partial charge in [-0.3, -0.25) is 4.79 Å². The molecule has 3 aromatic rings. The molecule has 22 heavy (non-hydrogen) atoms. The molecule has 0 saturated carbocycles. The highest BCUT2D eigenvalue weighted by atomic mass is 16.5. The maximum atomic E-state index is 12.2. The van der Waals surface area contributed by atoms with Crippen molar-refractivity contribution >= 4 is 17.0 Å². The molecule has 3 rings (SSSR count). The highest BCUT2D eigenvalue weighted by Gasteiger charge is 2.16. The Bertz CT molecular complexity index is 760. The molecule has 5 heteroatoms. The lowest BCUT2D eigenvalue weighted by Gasteiger charge is -2.10. The summed E-state index contributed by atoms with van der Waals surface area (Å²) in [7, 11) is 1.59. The average Bonchev–Trinajstić information content (AvgIpc) is 2.99. The Hall–Kier alpha value is -2.82. The molecule has 0 aliphatic heterocycles. The molecule has 0 saturated heterocycles. The van der Waals surface area contributed by atoms with Crippen LogP contribution in [0.25, 0.3) is 11.1 Å². The number of ether oxygens (including phenoxy) is 1. The minimum Gasteiger partial charge on any atom is -0.497 e. The smallest absolute Gasteiger partial charge is 0.251 e. The van der Waals surface area contributed by atoms with Crippen LogP contribution in [0.15, 0.2) is 52.9 Å². The van der Waals surface area contributed by atoms with E-state index in [9.17, 15) is 4.79 Å². The van der Waals surface area contributed by atoms with Gasteiger partial charge in [0.1, 0.15) is 17.3 Å². The number of para-hydroxylation sites is 2. The first-order valence-corrected chi connectivity index (χ1v) is 6.98. The number of methoxy groups -OCH3 is 1. The highest BCUT2D eigenvalue weighted by molar-refractivity contribution is 5.94. The molecule has 0 bridgehead atoms. The van der Waals surface area contributed by atoms with Gasteiger partial charge in [-0.25, -0.2) is 4.98 Å². The second-order valence-electron chi connectivity index (χ2n) is 4.94. The van der Waals surface area contributed by atoms with E-state index in [1.54, 1.807) is 31.4 Å². The van der Waals surface area contributed by atoms with Gasteiger partial charge in [0, 0.05) is 5.56 Å². The van der Waals surface area contributed by atoms with Crippen molar-refractivity contribution in [2.24, 2.45) is 0 Å². The molecule has 0 aliphatic rings. The number of fused-ring (bicyclic) bond motifs is 1. The highest BCUT2D eigenvalue weighted by Crippen LogP contribution is 2.20. The molecule has 112 valence electrons. The van der Waals surface area contributed by atoms with Gasteiger partial charge in [0.05, 0.1) is 7.11 Å². The van der Waals surface area contributed by atoms with Crippen LogP contribution in [-0.2, 0) is 0 Å². The van der Waals surface area contributed by atoms with E-state index in [4.69, 9.17) is 9.15 Å². The molecule has 0 aliphatic carbocycles. The SMILES string of the molecule is COc1ccc(C(=O)NC(C)c2nc3ccccc3o2)cc1. The number of carbonyl (C=O) groups excluding carboxylic acids is 1. The fraction of sp³-hybridized carbons (Fsp3) is 0.176. The summed E-state index contributed by atoms with van der Waals surface area (Å²) < 4.78 is 10.7. The van der Waals surface area contributed by atoms with Crippen molar-refractivity contribution in [1.29, 1.82) is 0 Å². The van der Waals surface area contributed by atoms with Crippen LogP contribution >= 0.6 is 0 Å². The molecular weight excluding hydrogens is 280 g/mol. The van der Waals surface area contributed by atoms with Crippen molar-refractivity contribution in [3.63, 3.8) is 0 Å². The largest absolute Gasteiger partial charge is 0.497 e. The molecule has 0 fully saturated rings. The van der Waals surface area contributed by atoms with Crippen molar-refractivity contribution in [3.05, 3.63) is 60.0 Å². The van der Waals surface area contributed by atoms with Crippen LogP contribution in [0.1, 0.15) is 29.2 Å². The summed E-state index contributed by atoms with van der Waals surface area (Å²) in [6.07, 6.45) is 0. The number of aromatic nitrogens is 1. The van der Waals surface area contributed by atoms with Crippen molar-refractivity contribution in [2.45, 2.75) is 13.0 Å². The maximum absolute atomic E-state index is 12.2.